The normalized spacial score (nSPS) is 18.7. The molecule has 3 rings (SSSR count). The molecule has 2 heterocycles. The minimum atomic E-state index is -0.815. The monoisotopic (exact) mass is 313 g/mol. The molecule has 0 fully saturated rings. The van der Waals surface area contributed by atoms with Crippen molar-refractivity contribution in [3.05, 3.63) is 54.2 Å². The number of aliphatic imine (C=N–C) groups is 1. The lowest BCUT2D eigenvalue weighted by molar-refractivity contribution is 0.499. The van der Waals surface area contributed by atoms with Gasteiger partial charge < -0.3 is 0 Å². The van der Waals surface area contributed by atoms with Crippen LogP contribution in [0.25, 0.3) is 5.03 Å². The molecule has 0 spiro atoms. The molecule has 22 heavy (non-hydrogen) atoms. The van der Waals surface area contributed by atoms with E-state index in [2.05, 4.69) is 43.0 Å². The highest BCUT2D eigenvalue weighted by Crippen LogP contribution is 2.37. The van der Waals surface area contributed by atoms with Gasteiger partial charge in [-0.3, -0.25) is 4.78 Å². The van der Waals surface area contributed by atoms with E-state index in [0.717, 1.165) is 15.8 Å². The molecule has 0 amide bonds. The van der Waals surface area contributed by atoms with Crippen molar-refractivity contribution in [1.82, 2.24) is 14.8 Å². The molecule has 6 heteroatoms. The maximum atomic E-state index is 8.63. The van der Waals surface area contributed by atoms with Gasteiger partial charge in [0.05, 0.1) is 10.7 Å². The number of hydrogen-bond donors (Lipinski definition) is 1. The molecule has 1 aliphatic heterocycles. The zero-order valence-corrected chi connectivity index (χ0v) is 13.8. The Morgan fingerprint density at radius 2 is 1.91 bits per heavy atom. The molecule has 0 aliphatic carbocycles. The zero-order chi connectivity index (χ0) is 15.7. The van der Waals surface area contributed by atoms with Gasteiger partial charge in [0.2, 0.25) is 0 Å². The molecule has 0 saturated carbocycles. The van der Waals surface area contributed by atoms with Crippen molar-refractivity contribution in [3.63, 3.8) is 0 Å². The van der Waals surface area contributed by atoms with Gasteiger partial charge in [0.1, 0.15) is 17.7 Å². The second-order valence-corrected chi connectivity index (χ2v) is 7.69. The van der Waals surface area contributed by atoms with Gasteiger partial charge in [-0.2, -0.15) is 5.10 Å². The molecule has 1 aromatic heterocycles. The third-order valence-corrected chi connectivity index (χ3v) is 4.88. The van der Waals surface area contributed by atoms with Crippen LogP contribution in [-0.2, 0) is 17.1 Å². The number of nitrogens with one attached hydrogen (secondary N) is 1. The fourth-order valence-corrected chi connectivity index (χ4v) is 3.86. The number of hydrogen-bond acceptors (Lipinski definition) is 4. The van der Waals surface area contributed by atoms with E-state index in [-0.39, 0.29) is 5.41 Å². The molecule has 1 unspecified atom stereocenters. The van der Waals surface area contributed by atoms with Crippen LogP contribution >= 0.6 is 0 Å². The summed E-state index contributed by atoms with van der Waals surface area (Å²) in [5.41, 5.74) is 1.98. The summed E-state index contributed by atoms with van der Waals surface area (Å²) in [6.07, 6.45) is 3.85. The quantitative estimate of drug-likeness (QED) is 0.942. The third kappa shape index (κ3) is 2.78. The summed E-state index contributed by atoms with van der Waals surface area (Å²) >= 11 is 0. The highest BCUT2D eigenvalue weighted by molar-refractivity contribution is 8.09. The topological polar surface area (TPSA) is 66.9 Å². The first-order valence-corrected chi connectivity index (χ1v) is 8.36. The van der Waals surface area contributed by atoms with Crippen molar-refractivity contribution in [2.24, 2.45) is 10.4 Å². The van der Waals surface area contributed by atoms with E-state index in [9.17, 15) is 0 Å². The number of nitrogens with zero attached hydrogens (tertiary/aromatic N) is 4. The summed E-state index contributed by atoms with van der Waals surface area (Å²) in [6, 6.07) is 10.2. The molecule has 0 saturated heterocycles. The van der Waals surface area contributed by atoms with Crippen LogP contribution < -0.4 is 0 Å². The molecule has 0 radical (unpaired) electrons. The van der Waals surface area contributed by atoms with Crippen LogP contribution in [0.4, 0.5) is 0 Å². The fraction of sp³-hybridized carbons (Fsp3) is 0.312. The molecular formula is C16H19N5S. The van der Waals surface area contributed by atoms with Gasteiger partial charge in [-0.15, -0.1) is 0 Å². The minimum absolute atomic E-state index is 0.133. The Morgan fingerprint density at radius 3 is 2.50 bits per heavy atom. The third-order valence-electron chi connectivity index (χ3n) is 3.40. The van der Waals surface area contributed by atoms with Crippen molar-refractivity contribution in [3.8, 4) is 0 Å². The van der Waals surface area contributed by atoms with E-state index >= 15 is 0 Å². The van der Waals surface area contributed by atoms with Gasteiger partial charge in [-0.05, 0) is 16.3 Å². The average Bonchev–Trinajstić information content (AvgIpc) is 3.08. The Hall–Kier alpha value is -2.08. The SMILES string of the molecule is CC(C)(C)C1=C(n2cncn2)S(=N)C(Cc2ccccc2)=N1. The predicted molar refractivity (Wildman–Crippen MR) is 90.4 cm³/mol. The molecule has 1 atom stereocenters. The Balaban J connectivity index is 1.99. The Labute approximate surface area is 132 Å². The van der Waals surface area contributed by atoms with Crippen LogP contribution in [0.1, 0.15) is 26.3 Å². The van der Waals surface area contributed by atoms with Crippen LogP contribution in [0, 0.1) is 10.2 Å². The Kier molecular flexibility index (Phi) is 3.78. The maximum absolute atomic E-state index is 8.63. The van der Waals surface area contributed by atoms with Gasteiger partial charge in [0.15, 0.2) is 0 Å². The number of aromatic nitrogens is 3. The molecule has 5 nitrogen and oxygen atoms in total. The molecule has 0 bridgehead atoms. The van der Waals surface area contributed by atoms with Crippen LogP contribution in [0.15, 0.2) is 53.7 Å². The average molecular weight is 313 g/mol. The Bertz CT molecular complexity index is 752. The standard InChI is InChI=1S/C16H19N5S/c1-16(2,3)14-15(21-11-18-10-19-21)22(17)13(20-14)9-12-7-5-4-6-8-12/h4-8,10-11,17H,9H2,1-3H3. The second-order valence-electron chi connectivity index (χ2n) is 6.22. The lowest BCUT2D eigenvalue weighted by atomic mass is 9.92. The van der Waals surface area contributed by atoms with Gasteiger partial charge in [0, 0.05) is 11.8 Å². The molecule has 1 N–H and O–H groups in total. The molecule has 1 aromatic carbocycles. The highest BCUT2D eigenvalue weighted by atomic mass is 32.2. The number of rotatable bonds is 3. The lowest BCUT2D eigenvalue weighted by Crippen LogP contribution is -2.13. The van der Waals surface area contributed by atoms with Crippen LogP contribution in [-0.4, -0.2) is 19.8 Å². The van der Waals surface area contributed by atoms with Crippen molar-refractivity contribution >= 4 is 20.8 Å². The first-order valence-electron chi connectivity index (χ1n) is 7.13. The smallest absolute Gasteiger partial charge is 0.138 e. The minimum Gasteiger partial charge on any atom is -0.268 e. The van der Waals surface area contributed by atoms with E-state index in [1.807, 2.05) is 18.2 Å². The lowest BCUT2D eigenvalue weighted by Gasteiger charge is -2.19. The summed E-state index contributed by atoms with van der Waals surface area (Å²) in [6.45, 7) is 6.35. The van der Waals surface area contributed by atoms with Gasteiger partial charge in [-0.25, -0.2) is 14.7 Å². The number of benzene rings is 1. The van der Waals surface area contributed by atoms with E-state index < -0.39 is 10.7 Å². The number of allylic oxidation sites excluding steroid dienone is 1. The van der Waals surface area contributed by atoms with Gasteiger partial charge >= 0.3 is 0 Å². The van der Waals surface area contributed by atoms with Crippen molar-refractivity contribution in [2.45, 2.75) is 27.2 Å². The zero-order valence-electron chi connectivity index (χ0n) is 12.9. The van der Waals surface area contributed by atoms with Gasteiger partial charge in [-0.1, -0.05) is 51.1 Å². The first-order chi connectivity index (χ1) is 10.5. The van der Waals surface area contributed by atoms with Crippen LogP contribution in [0.3, 0.4) is 0 Å². The van der Waals surface area contributed by atoms with Gasteiger partial charge in [0.25, 0.3) is 0 Å². The maximum Gasteiger partial charge on any atom is 0.138 e. The second kappa shape index (κ2) is 5.61. The summed E-state index contributed by atoms with van der Waals surface area (Å²) in [4.78, 5) is 8.82. The van der Waals surface area contributed by atoms with E-state index in [1.54, 1.807) is 11.0 Å². The van der Waals surface area contributed by atoms with Crippen molar-refractivity contribution in [1.29, 1.82) is 4.78 Å². The van der Waals surface area contributed by atoms with Crippen molar-refractivity contribution in [2.75, 3.05) is 0 Å². The fourth-order valence-electron chi connectivity index (χ4n) is 2.31. The first kappa shape index (κ1) is 14.8. The van der Waals surface area contributed by atoms with Crippen LogP contribution in [0.5, 0.6) is 0 Å². The summed E-state index contributed by atoms with van der Waals surface area (Å²) in [7, 11) is -0.815. The molecular weight excluding hydrogens is 294 g/mol. The molecule has 1 aliphatic rings. The van der Waals surface area contributed by atoms with Crippen LogP contribution in [0.2, 0.25) is 0 Å². The largest absolute Gasteiger partial charge is 0.268 e. The van der Waals surface area contributed by atoms with Crippen molar-refractivity contribution < 1.29 is 0 Å². The van der Waals surface area contributed by atoms with E-state index in [4.69, 9.17) is 9.77 Å². The molecule has 114 valence electrons. The van der Waals surface area contributed by atoms with E-state index in [0.29, 0.717) is 6.42 Å². The summed E-state index contributed by atoms with van der Waals surface area (Å²) in [5.74, 6) is 0. The summed E-state index contributed by atoms with van der Waals surface area (Å²) in [5, 5.41) is 5.95. The summed E-state index contributed by atoms with van der Waals surface area (Å²) < 4.78 is 10.3. The highest BCUT2D eigenvalue weighted by Gasteiger charge is 2.32. The Morgan fingerprint density at radius 1 is 1.18 bits per heavy atom. The molecule has 2 aromatic rings. The predicted octanol–water partition coefficient (Wildman–Crippen LogP) is 3.49. The van der Waals surface area contributed by atoms with E-state index in [1.165, 1.54) is 11.9 Å².